The summed E-state index contributed by atoms with van der Waals surface area (Å²) in [5, 5.41) is 0. The standard InChI is InChI=1S/C11H18N2O2S3/c1-3-9-5-6-11(17-9)18(14,15)13(4-2)8-7-10(12)16/h5-6H,3-4,7-8H2,1-2H3,(H2,12,16). The third-order valence-electron chi connectivity index (χ3n) is 2.54. The summed E-state index contributed by atoms with van der Waals surface area (Å²) in [6.07, 6.45) is 1.26. The molecule has 0 radical (unpaired) electrons. The maximum absolute atomic E-state index is 12.4. The fourth-order valence-electron chi connectivity index (χ4n) is 1.50. The van der Waals surface area contributed by atoms with Crippen LogP contribution < -0.4 is 5.73 Å². The molecule has 0 bridgehead atoms. The Balaban J connectivity index is 2.91. The molecule has 0 saturated carbocycles. The Labute approximate surface area is 118 Å². The molecule has 0 aliphatic carbocycles. The normalized spacial score (nSPS) is 11.9. The summed E-state index contributed by atoms with van der Waals surface area (Å²) >= 11 is 6.11. The predicted octanol–water partition coefficient (Wildman–Crippen LogP) is 2.00. The number of hydrogen-bond donors (Lipinski definition) is 1. The minimum Gasteiger partial charge on any atom is -0.393 e. The molecule has 1 aromatic heterocycles. The molecule has 0 atom stereocenters. The van der Waals surface area contributed by atoms with Gasteiger partial charge in [0.15, 0.2) is 0 Å². The average molecular weight is 306 g/mol. The summed E-state index contributed by atoms with van der Waals surface area (Å²) < 4.78 is 26.5. The first-order chi connectivity index (χ1) is 8.41. The zero-order chi connectivity index (χ0) is 13.8. The van der Waals surface area contributed by atoms with Crippen molar-refractivity contribution in [2.24, 2.45) is 5.73 Å². The molecule has 0 unspecified atom stereocenters. The average Bonchev–Trinajstić information content (AvgIpc) is 2.78. The molecule has 0 spiro atoms. The molecule has 0 aliphatic rings. The molecule has 2 N–H and O–H groups in total. The van der Waals surface area contributed by atoms with Gasteiger partial charge >= 0.3 is 0 Å². The van der Waals surface area contributed by atoms with E-state index in [9.17, 15) is 8.42 Å². The Bertz CT molecular complexity index is 508. The minimum atomic E-state index is -3.40. The first kappa shape index (κ1) is 15.6. The van der Waals surface area contributed by atoms with Gasteiger partial charge in [0.1, 0.15) is 4.21 Å². The molecule has 0 fully saturated rings. The van der Waals surface area contributed by atoms with Gasteiger partial charge in [-0.2, -0.15) is 4.31 Å². The molecule has 0 saturated heterocycles. The highest BCUT2D eigenvalue weighted by Gasteiger charge is 2.24. The summed E-state index contributed by atoms with van der Waals surface area (Å²) in [6.45, 7) is 4.58. The van der Waals surface area contributed by atoms with Crippen molar-refractivity contribution in [2.45, 2.75) is 30.9 Å². The molecule has 4 nitrogen and oxygen atoms in total. The van der Waals surface area contributed by atoms with Crippen molar-refractivity contribution in [1.29, 1.82) is 0 Å². The van der Waals surface area contributed by atoms with E-state index in [-0.39, 0.29) is 0 Å². The Kier molecular flexibility index (Phi) is 5.71. The number of rotatable bonds is 7. The zero-order valence-corrected chi connectivity index (χ0v) is 13.0. The van der Waals surface area contributed by atoms with E-state index < -0.39 is 10.0 Å². The molecule has 102 valence electrons. The lowest BCUT2D eigenvalue weighted by atomic mass is 10.4. The SMILES string of the molecule is CCc1ccc(S(=O)(=O)N(CC)CCC(N)=S)s1. The second-order valence-corrected chi connectivity index (χ2v) is 7.64. The quantitative estimate of drug-likeness (QED) is 0.783. The van der Waals surface area contributed by atoms with Gasteiger partial charge in [0.2, 0.25) is 0 Å². The van der Waals surface area contributed by atoms with Crippen molar-refractivity contribution in [2.75, 3.05) is 13.1 Å². The summed E-state index contributed by atoms with van der Waals surface area (Å²) in [5.74, 6) is 0. The summed E-state index contributed by atoms with van der Waals surface area (Å²) in [7, 11) is -3.40. The van der Waals surface area contributed by atoms with Crippen molar-refractivity contribution in [1.82, 2.24) is 4.31 Å². The summed E-state index contributed by atoms with van der Waals surface area (Å²) in [6, 6.07) is 3.53. The molecule has 18 heavy (non-hydrogen) atoms. The van der Waals surface area contributed by atoms with E-state index >= 15 is 0 Å². The van der Waals surface area contributed by atoms with Crippen LogP contribution in [0.4, 0.5) is 0 Å². The van der Waals surface area contributed by atoms with Crippen LogP contribution in [0, 0.1) is 0 Å². The van der Waals surface area contributed by atoms with Crippen LogP contribution >= 0.6 is 23.6 Å². The first-order valence-electron chi connectivity index (χ1n) is 5.79. The molecular formula is C11H18N2O2S3. The van der Waals surface area contributed by atoms with Gasteiger partial charge in [-0.3, -0.25) is 0 Å². The maximum Gasteiger partial charge on any atom is 0.252 e. The van der Waals surface area contributed by atoms with E-state index in [0.29, 0.717) is 28.7 Å². The summed E-state index contributed by atoms with van der Waals surface area (Å²) in [5.41, 5.74) is 5.42. The largest absolute Gasteiger partial charge is 0.393 e. The Morgan fingerprint density at radius 2 is 2.11 bits per heavy atom. The number of thiocarbonyl (C=S) groups is 1. The van der Waals surface area contributed by atoms with Gasteiger partial charge in [-0.1, -0.05) is 26.1 Å². The van der Waals surface area contributed by atoms with Gasteiger partial charge < -0.3 is 5.73 Å². The third kappa shape index (κ3) is 3.74. The van der Waals surface area contributed by atoms with Crippen LogP contribution in [-0.4, -0.2) is 30.8 Å². The van der Waals surface area contributed by atoms with Crippen molar-refractivity contribution >= 4 is 38.6 Å². The van der Waals surface area contributed by atoms with Crippen LogP contribution in [0.15, 0.2) is 16.3 Å². The van der Waals surface area contributed by atoms with Crippen molar-refractivity contribution < 1.29 is 8.42 Å². The minimum absolute atomic E-state index is 0.337. The van der Waals surface area contributed by atoms with Gasteiger partial charge in [-0.05, 0) is 18.6 Å². The number of nitrogens with zero attached hydrogens (tertiary/aromatic N) is 1. The van der Waals surface area contributed by atoms with E-state index in [0.717, 1.165) is 11.3 Å². The highest BCUT2D eigenvalue weighted by molar-refractivity contribution is 7.91. The first-order valence-corrected chi connectivity index (χ1v) is 8.45. The zero-order valence-electron chi connectivity index (χ0n) is 10.5. The molecule has 1 heterocycles. The molecular weight excluding hydrogens is 288 g/mol. The van der Waals surface area contributed by atoms with E-state index in [1.54, 1.807) is 6.07 Å². The fourth-order valence-corrected chi connectivity index (χ4v) is 4.49. The van der Waals surface area contributed by atoms with E-state index in [1.807, 2.05) is 19.9 Å². The third-order valence-corrected chi connectivity index (χ3v) is 6.42. The van der Waals surface area contributed by atoms with Gasteiger partial charge in [0.25, 0.3) is 10.0 Å². The van der Waals surface area contributed by atoms with Crippen molar-refractivity contribution in [3.8, 4) is 0 Å². The van der Waals surface area contributed by atoms with Gasteiger partial charge in [0, 0.05) is 24.4 Å². The van der Waals surface area contributed by atoms with Crippen molar-refractivity contribution in [3.05, 3.63) is 17.0 Å². The lowest BCUT2D eigenvalue weighted by Crippen LogP contribution is -2.33. The number of hydrogen-bond acceptors (Lipinski definition) is 4. The predicted molar refractivity (Wildman–Crippen MR) is 79.5 cm³/mol. The second kappa shape index (κ2) is 6.60. The summed E-state index contributed by atoms with van der Waals surface area (Å²) in [4.78, 5) is 1.41. The van der Waals surface area contributed by atoms with Gasteiger partial charge in [-0.25, -0.2) is 8.42 Å². The van der Waals surface area contributed by atoms with Crippen LogP contribution in [0.5, 0.6) is 0 Å². The Morgan fingerprint density at radius 3 is 2.56 bits per heavy atom. The van der Waals surface area contributed by atoms with Gasteiger partial charge in [0.05, 0.1) is 4.99 Å². The van der Waals surface area contributed by atoms with Crippen LogP contribution in [0.3, 0.4) is 0 Å². The molecule has 0 aliphatic heterocycles. The molecule has 7 heteroatoms. The van der Waals surface area contributed by atoms with Crippen LogP contribution in [0.1, 0.15) is 25.1 Å². The Hall–Kier alpha value is -0.500. The highest BCUT2D eigenvalue weighted by atomic mass is 32.2. The molecule has 1 aromatic rings. The van der Waals surface area contributed by atoms with Crippen LogP contribution in [0.2, 0.25) is 0 Å². The number of sulfonamides is 1. The van der Waals surface area contributed by atoms with Gasteiger partial charge in [-0.15, -0.1) is 11.3 Å². The molecule has 1 rings (SSSR count). The van der Waals surface area contributed by atoms with Crippen LogP contribution in [-0.2, 0) is 16.4 Å². The number of nitrogens with two attached hydrogens (primary N) is 1. The van der Waals surface area contributed by atoms with E-state index in [1.165, 1.54) is 15.6 Å². The second-order valence-electron chi connectivity index (χ2n) is 3.79. The molecule has 0 aromatic carbocycles. The fraction of sp³-hybridized carbons (Fsp3) is 0.545. The monoisotopic (exact) mass is 306 g/mol. The Morgan fingerprint density at radius 1 is 1.44 bits per heavy atom. The highest BCUT2D eigenvalue weighted by Crippen LogP contribution is 2.25. The lowest BCUT2D eigenvalue weighted by molar-refractivity contribution is 0.439. The number of aryl methyl sites for hydroxylation is 1. The van der Waals surface area contributed by atoms with Crippen LogP contribution in [0.25, 0.3) is 0 Å². The number of thiophene rings is 1. The maximum atomic E-state index is 12.4. The van der Waals surface area contributed by atoms with E-state index in [4.69, 9.17) is 18.0 Å². The molecule has 0 amide bonds. The van der Waals surface area contributed by atoms with E-state index in [2.05, 4.69) is 0 Å². The smallest absolute Gasteiger partial charge is 0.252 e. The lowest BCUT2D eigenvalue weighted by Gasteiger charge is -2.19. The van der Waals surface area contributed by atoms with Crippen molar-refractivity contribution in [3.63, 3.8) is 0 Å². The topological polar surface area (TPSA) is 63.4 Å².